The molecule has 1 aromatic heterocycles. The van der Waals surface area contributed by atoms with Crippen LogP contribution >= 0.6 is 23.4 Å². The van der Waals surface area contributed by atoms with E-state index >= 15 is 0 Å². The lowest BCUT2D eigenvalue weighted by Crippen LogP contribution is -1.90. The van der Waals surface area contributed by atoms with Gasteiger partial charge in [-0.15, -0.1) is 0 Å². The lowest BCUT2D eigenvalue weighted by molar-refractivity contribution is 1.02. The van der Waals surface area contributed by atoms with Crippen LogP contribution in [0.4, 0.5) is 0 Å². The van der Waals surface area contributed by atoms with Crippen LogP contribution in [-0.2, 0) is 5.75 Å². The molecular weight excluding hydrogens is 254 g/mol. The van der Waals surface area contributed by atoms with Crippen molar-refractivity contribution in [3.8, 4) is 6.07 Å². The molecule has 0 radical (unpaired) electrons. The van der Waals surface area contributed by atoms with Gasteiger partial charge in [0.2, 0.25) is 0 Å². The Labute approximate surface area is 108 Å². The Morgan fingerprint density at radius 2 is 1.88 bits per heavy atom. The Morgan fingerprint density at radius 3 is 2.59 bits per heavy atom. The number of hydrogen-bond donors (Lipinski definition) is 0. The minimum absolute atomic E-state index is 0.367. The van der Waals surface area contributed by atoms with Crippen molar-refractivity contribution in [3.63, 3.8) is 0 Å². The Bertz CT molecular complexity index is 548. The van der Waals surface area contributed by atoms with Gasteiger partial charge in [-0.1, -0.05) is 35.5 Å². The van der Waals surface area contributed by atoms with Gasteiger partial charge >= 0.3 is 0 Å². The summed E-state index contributed by atoms with van der Waals surface area (Å²) in [4.78, 5) is 8.09. The van der Waals surface area contributed by atoms with Crippen LogP contribution in [0.5, 0.6) is 0 Å². The van der Waals surface area contributed by atoms with Crippen molar-refractivity contribution < 1.29 is 0 Å². The lowest BCUT2D eigenvalue weighted by Gasteiger charge is -2.02. The third kappa shape index (κ3) is 3.19. The molecular formula is C12H8ClN3S. The maximum Gasteiger partial charge on any atom is 0.172 e. The van der Waals surface area contributed by atoms with Gasteiger partial charge in [-0.2, -0.15) is 5.26 Å². The van der Waals surface area contributed by atoms with E-state index in [1.807, 2.05) is 30.3 Å². The Kier molecular flexibility index (Phi) is 3.97. The monoisotopic (exact) mass is 261 g/mol. The lowest BCUT2D eigenvalue weighted by atomic mass is 10.2. The van der Waals surface area contributed by atoms with Gasteiger partial charge in [0, 0.05) is 23.2 Å². The highest BCUT2D eigenvalue weighted by molar-refractivity contribution is 7.98. The number of hydrogen-bond acceptors (Lipinski definition) is 4. The molecule has 0 amide bonds. The SMILES string of the molecule is N#Cc1nccnc1SCc1ccc(Cl)cc1. The van der Waals surface area contributed by atoms with Gasteiger partial charge < -0.3 is 0 Å². The van der Waals surface area contributed by atoms with Crippen LogP contribution in [0.3, 0.4) is 0 Å². The van der Waals surface area contributed by atoms with Crippen LogP contribution in [0.1, 0.15) is 11.3 Å². The van der Waals surface area contributed by atoms with Crippen LogP contribution in [0, 0.1) is 11.3 Å². The second-order valence-corrected chi connectivity index (χ2v) is 4.64. The highest BCUT2D eigenvalue weighted by Crippen LogP contribution is 2.23. The van der Waals surface area contributed by atoms with Crippen molar-refractivity contribution in [1.82, 2.24) is 9.97 Å². The molecule has 0 bridgehead atoms. The highest BCUT2D eigenvalue weighted by Gasteiger charge is 2.04. The number of nitriles is 1. The number of halogens is 1. The summed E-state index contributed by atoms with van der Waals surface area (Å²) in [7, 11) is 0. The van der Waals surface area contributed by atoms with Gasteiger partial charge in [-0.25, -0.2) is 9.97 Å². The zero-order valence-electron chi connectivity index (χ0n) is 8.80. The minimum atomic E-state index is 0.367. The van der Waals surface area contributed by atoms with E-state index < -0.39 is 0 Å². The molecule has 0 N–H and O–H groups in total. The number of nitrogens with zero attached hydrogens (tertiary/aromatic N) is 3. The summed E-state index contributed by atoms with van der Waals surface area (Å²) in [5, 5.41) is 10.2. The number of aromatic nitrogens is 2. The Morgan fingerprint density at radius 1 is 1.18 bits per heavy atom. The average Bonchev–Trinajstić information content (AvgIpc) is 2.38. The summed E-state index contributed by atoms with van der Waals surface area (Å²) in [6, 6.07) is 9.63. The van der Waals surface area contributed by atoms with E-state index in [-0.39, 0.29) is 0 Å². The fraction of sp³-hybridized carbons (Fsp3) is 0.0833. The van der Waals surface area contributed by atoms with Gasteiger partial charge in [0.1, 0.15) is 11.1 Å². The van der Waals surface area contributed by atoms with Crippen LogP contribution in [0.25, 0.3) is 0 Å². The van der Waals surface area contributed by atoms with E-state index in [9.17, 15) is 0 Å². The van der Waals surface area contributed by atoms with Crippen molar-refractivity contribution in [2.75, 3.05) is 0 Å². The molecule has 0 saturated carbocycles. The molecule has 84 valence electrons. The van der Waals surface area contributed by atoms with Gasteiger partial charge in [0.15, 0.2) is 5.69 Å². The van der Waals surface area contributed by atoms with Gasteiger partial charge in [-0.3, -0.25) is 0 Å². The molecule has 1 heterocycles. The predicted octanol–water partition coefficient (Wildman–Crippen LogP) is 3.29. The summed E-state index contributed by atoms with van der Waals surface area (Å²) in [5.74, 6) is 0.741. The molecule has 17 heavy (non-hydrogen) atoms. The first-order valence-electron chi connectivity index (χ1n) is 4.88. The Balaban J connectivity index is 2.08. The van der Waals surface area contributed by atoms with Gasteiger partial charge in [-0.05, 0) is 17.7 Å². The molecule has 0 fully saturated rings. The topological polar surface area (TPSA) is 49.6 Å². The molecule has 0 saturated heterocycles. The molecule has 2 rings (SSSR count). The summed E-state index contributed by atoms with van der Waals surface area (Å²) in [5.41, 5.74) is 1.50. The van der Waals surface area contributed by atoms with Crippen molar-refractivity contribution >= 4 is 23.4 Å². The quantitative estimate of drug-likeness (QED) is 0.796. The van der Waals surface area contributed by atoms with Crippen molar-refractivity contribution in [2.24, 2.45) is 0 Å². The van der Waals surface area contributed by atoms with Gasteiger partial charge in [0.05, 0.1) is 0 Å². The third-order valence-corrected chi connectivity index (χ3v) is 3.36. The molecule has 0 aliphatic carbocycles. The number of thioether (sulfide) groups is 1. The predicted molar refractivity (Wildman–Crippen MR) is 67.8 cm³/mol. The molecule has 0 atom stereocenters. The first kappa shape index (κ1) is 11.9. The zero-order valence-corrected chi connectivity index (χ0v) is 10.4. The number of rotatable bonds is 3. The third-order valence-electron chi connectivity index (χ3n) is 2.06. The first-order chi connectivity index (χ1) is 8.29. The number of benzene rings is 1. The van der Waals surface area contributed by atoms with Crippen LogP contribution in [-0.4, -0.2) is 9.97 Å². The molecule has 2 aromatic rings. The van der Waals surface area contributed by atoms with E-state index in [0.29, 0.717) is 10.7 Å². The van der Waals surface area contributed by atoms with E-state index in [0.717, 1.165) is 16.3 Å². The van der Waals surface area contributed by atoms with Gasteiger partial charge in [0.25, 0.3) is 0 Å². The summed E-state index contributed by atoms with van der Waals surface area (Å²) < 4.78 is 0. The van der Waals surface area contributed by atoms with Crippen LogP contribution in [0.15, 0.2) is 41.7 Å². The molecule has 1 aromatic carbocycles. The first-order valence-corrected chi connectivity index (χ1v) is 6.24. The van der Waals surface area contributed by atoms with Crippen molar-refractivity contribution in [3.05, 3.63) is 52.9 Å². The van der Waals surface area contributed by atoms with E-state index in [2.05, 4.69) is 9.97 Å². The smallest absolute Gasteiger partial charge is 0.172 e. The molecule has 3 nitrogen and oxygen atoms in total. The fourth-order valence-corrected chi connectivity index (χ4v) is 2.23. The van der Waals surface area contributed by atoms with E-state index in [4.69, 9.17) is 16.9 Å². The second kappa shape index (κ2) is 5.67. The van der Waals surface area contributed by atoms with E-state index in [1.54, 1.807) is 6.20 Å². The fourth-order valence-electron chi connectivity index (χ4n) is 1.24. The van der Waals surface area contributed by atoms with Crippen molar-refractivity contribution in [2.45, 2.75) is 10.8 Å². The standard InChI is InChI=1S/C12H8ClN3S/c13-10-3-1-9(2-4-10)8-17-12-11(7-14)15-5-6-16-12/h1-6H,8H2. The summed E-state index contributed by atoms with van der Waals surface area (Å²) in [6.45, 7) is 0. The molecule has 0 unspecified atom stereocenters. The molecule has 0 aliphatic rings. The average molecular weight is 262 g/mol. The zero-order chi connectivity index (χ0) is 12.1. The molecule has 5 heteroatoms. The summed E-state index contributed by atoms with van der Waals surface area (Å²) in [6.07, 6.45) is 3.11. The molecule has 0 spiro atoms. The minimum Gasteiger partial charge on any atom is -0.245 e. The molecule has 0 aliphatic heterocycles. The summed E-state index contributed by atoms with van der Waals surface area (Å²) >= 11 is 7.30. The highest BCUT2D eigenvalue weighted by atomic mass is 35.5. The van der Waals surface area contributed by atoms with Crippen LogP contribution in [0.2, 0.25) is 5.02 Å². The normalized spacial score (nSPS) is 9.88. The van der Waals surface area contributed by atoms with Crippen molar-refractivity contribution in [1.29, 1.82) is 5.26 Å². The van der Waals surface area contributed by atoms with E-state index in [1.165, 1.54) is 18.0 Å². The largest absolute Gasteiger partial charge is 0.245 e. The van der Waals surface area contributed by atoms with Crippen LogP contribution < -0.4 is 0 Å². The second-order valence-electron chi connectivity index (χ2n) is 3.24. The maximum absolute atomic E-state index is 8.87. The maximum atomic E-state index is 8.87. The Hall–Kier alpha value is -1.57.